The molecular formula is C35H34F2N2O5. The minimum Gasteiger partial charge on any atom is -0.496 e. The van der Waals surface area contributed by atoms with E-state index >= 15 is 0 Å². The van der Waals surface area contributed by atoms with Crippen molar-refractivity contribution in [3.63, 3.8) is 0 Å². The first kappa shape index (κ1) is 30.7. The van der Waals surface area contributed by atoms with Crippen LogP contribution in [0.3, 0.4) is 0 Å². The molecule has 0 aliphatic rings. The Morgan fingerprint density at radius 3 is 2.36 bits per heavy atom. The van der Waals surface area contributed by atoms with E-state index in [1.54, 1.807) is 30.3 Å². The average Bonchev–Trinajstić information content (AvgIpc) is 3.05. The maximum Gasteiger partial charge on any atom is 0.310 e. The number of methoxy groups -OCH3 is 1. The lowest BCUT2D eigenvalue weighted by molar-refractivity contribution is -0.0483. The number of fused-ring (bicyclic) bond motifs is 1. The van der Waals surface area contributed by atoms with Crippen LogP contribution in [0, 0.1) is 0 Å². The Balaban J connectivity index is 1.13. The van der Waals surface area contributed by atoms with E-state index in [1.165, 1.54) is 31.4 Å². The normalized spacial score (nSPS) is 12.2. The van der Waals surface area contributed by atoms with Crippen molar-refractivity contribution in [1.29, 1.82) is 0 Å². The Morgan fingerprint density at radius 1 is 0.841 bits per heavy atom. The van der Waals surface area contributed by atoms with E-state index in [0.29, 0.717) is 47.5 Å². The topological polar surface area (TPSA) is 92.8 Å². The maximum atomic E-state index is 14.7. The van der Waals surface area contributed by atoms with E-state index < -0.39 is 18.6 Å². The van der Waals surface area contributed by atoms with Crippen LogP contribution in [0.2, 0.25) is 0 Å². The first-order valence-electron chi connectivity index (χ1n) is 14.3. The van der Waals surface area contributed by atoms with Gasteiger partial charge in [0.1, 0.15) is 23.9 Å². The zero-order valence-corrected chi connectivity index (χ0v) is 24.3. The molecule has 0 amide bonds. The number of alkyl halides is 2. The highest BCUT2D eigenvalue weighted by Crippen LogP contribution is 2.35. The van der Waals surface area contributed by atoms with Crippen LogP contribution in [0.15, 0.2) is 108 Å². The molecule has 5 rings (SSSR count). The predicted octanol–water partition coefficient (Wildman–Crippen LogP) is 6.15. The third kappa shape index (κ3) is 7.61. The molecule has 1 aromatic heterocycles. The van der Waals surface area contributed by atoms with Gasteiger partial charge in [0.2, 0.25) is 5.56 Å². The lowest BCUT2D eigenvalue weighted by Gasteiger charge is -2.20. The van der Waals surface area contributed by atoms with Crippen LogP contribution in [-0.2, 0) is 19.0 Å². The van der Waals surface area contributed by atoms with Crippen LogP contribution in [0.5, 0.6) is 17.2 Å². The number of hydrogen-bond donors (Lipinski definition) is 3. The van der Waals surface area contributed by atoms with Crippen LogP contribution in [0.1, 0.15) is 28.4 Å². The van der Waals surface area contributed by atoms with E-state index in [0.717, 1.165) is 11.1 Å². The van der Waals surface area contributed by atoms with E-state index in [2.05, 4.69) is 10.3 Å². The number of hydrogen-bond acceptors (Lipinski definition) is 6. The van der Waals surface area contributed by atoms with Gasteiger partial charge in [0.15, 0.2) is 6.61 Å². The van der Waals surface area contributed by atoms with Gasteiger partial charge in [0.05, 0.1) is 24.3 Å². The molecular weight excluding hydrogens is 566 g/mol. The van der Waals surface area contributed by atoms with Gasteiger partial charge < -0.3 is 29.6 Å². The lowest BCUT2D eigenvalue weighted by Crippen LogP contribution is -2.24. The van der Waals surface area contributed by atoms with Crippen LogP contribution in [-0.4, -0.2) is 36.9 Å². The monoisotopic (exact) mass is 600 g/mol. The van der Waals surface area contributed by atoms with Crippen LogP contribution in [0.4, 0.5) is 8.78 Å². The summed E-state index contributed by atoms with van der Waals surface area (Å²) in [5, 5.41) is 14.9. The standard InChI is InChI=1S/C35H34F2N2O5/c1-42-31-10-6-5-9-29(31)35(36,37)23-44-26-13-11-24(12-14-26)19-20-38-21-30(40)27-15-17-32(34-28(27)16-18-33(41)39-34)43-22-25-7-3-2-4-8-25/h2-18,30,38,40H,19-23H2,1H3,(H,39,41)/t30-/m1/s1. The van der Waals surface area contributed by atoms with Crippen molar-refractivity contribution in [2.75, 3.05) is 26.8 Å². The first-order chi connectivity index (χ1) is 21.3. The van der Waals surface area contributed by atoms with Gasteiger partial charge in [-0.3, -0.25) is 4.79 Å². The Bertz CT molecular complexity index is 1730. The third-order valence-corrected chi connectivity index (χ3v) is 7.26. The minimum atomic E-state index is -3.22. The van der Waals surface area contributed by atoms with Crippen molar-refractivity contribution < 1.29 is 28.1 Å². The fourth-order valence-corrected chi connectivity index (χ4v) is 4.93. The second kappa shape index (κ2) is 14.2. The molecule has 0 radical (unpaired) electrons. The molecule has 0 bridgehead atoms. The van der Waals surface area contributed by atoms with Gasteiger partial charge >= 0.3 is 5.92 Å². The molecule has 1 heterocycles. The molecule has 0 aliphatic heterocycles. The molecule has 0 aliphatic carbocycles. The summed E-state index contributed by atoms with van der Waals surface area (Å²) in [6, 6.07) is 29.4. The van der Waals surface area contributed by atoms with Gasteiger partial charge in [0, 0.05) is 18.0 Å². The largest absolute Gasteiger partial charge is 0.496 e. The highest BCUT2D eigenvalue weighted by Gasteiger charge is 2.35. The molecule has 0 spiro atoms. The smallest absolute Gasteiger partial charge is 0.310 e. The van der Waals surface area contributed by atoms with Crippen molar-refractivity contribution >= 4 is 10.9 Å². The van der Waals surface area contributed by atoms with E-state index in [-0.39, 0.29) is 23.4 Å². The lowest BCUT2D eigenvalue weighted by atomic mass is 10.0. The van der Waals surface area contributed by atoms with Gasteiger partial charge in [-0.15, -0.1) is 0 Å². The fraction of sp³-hybridized carbons (Fsp3) is 0.229. The summed E-state index contributed by atoms with van der Waals surface area (Å²) in [4.78, 5) is 14.9. The van der Waals surface area contributed by atoms with Crippen molar-refractivity contribution in [1.82, 2.24) is 10.3 Å². The molecule has 0 unspecified atom stereocenters. The number of nitrogens with one attached hydrogen (secondary N) is 2. The molecule has 7 nitrogen and oxygen atoms in total. The fourth-order valence-electron chi connectivity index (χ4n) is 4.93. The Morgan fingerprint density at radius 2 is 1.59 bits per heavy atom. The molecule has 0 fully saturated rings. The Hall–Kier alpha value is -4.73. The number of aliphatic hydroxyl groups excluding tert-OH is 1. The molecule has 1 atom stereocenters. The summed E-state index contributed by atoms with van der Waals surface area (Å²) in [5.74, 6) is -2.23. The van der Waals surface area contributed by atoms with Crippen LogP contribution < -0.4 is 25.1 Å². The van der Waals surface area contributed by atoms with Crippen LogP contribution >= 0.6 is 0 Å². The number of pyridine rings is 1. The van der Waals surface area contributed by atoms with Gasteiger partial charge in [-0.1, -0.05) is 60.7 Å². The number of H-pyrrole nitrogens is 1. The highest BCUT2D eigenvalue weighted by atomic mass is 19.3. The number of para-hydroxylation sites is 1. The molecule has 5 aromatic rings. The quantitative estimate of drug-likeness (QED) is 0.132. The zero-order chi connectivity index (χ0) is 30.9. The number of rotatable bonds is 14. The summed E-state index contributed by atoms with van der Waals surface area (Å²) >= 11 is 0. The molecule has 9 heteroatoms. The highest BCUT2D eigenvalue weighted by molar-refractivity contribution is 5.87. The number of ether oxygens (including phenoxy) is 3. The minimum absolute atomic E-state index is 0.113. The van der Waals surface area contributed by atoms with E-state index in [9.17, 15) is 18.7 Å². The summed E-state index contributed by atoms with van der Waals surface area (Å²) in [6.45, 7) is 0.404. The molecule has 44 heavy (non-hydrogen) atoms. The third-order valence-electron chi connectivity index (χ3n) is 7.26. The number of aromatic amines is 1. The maximum absolute atomic E-state index is 14.7. The summed E-state index contributed by atoms with van der Waals surface area (Å²) in [6.07, 6.45) is -0.169. The Labute approximate surface area is 254 Å². The first-order valence-corrected chi connectivity index (χ1v) is 14.3. The van der Waals surface area contributed by atoms with Gasteiger partial charge in [-0.05, 0) is 66.1 Å². The zero-order valence-electron chi connectivity index (χ0n) is 24.3. The van der Waals surface area contributed by atoms with Crippen molar-refractivity contribution in [2.45, 2.75) is 25.1 Å². The molecule has 4 aromatic carbocycles. The number of halogens is 2. The second-order valence-electron chi connectivity index (χ2n) is 10.3. The molecule has 0 saturated heterocycles. The Kier molecular flexibility index (Phi) is 9.89. The van der Waals surface area contributed by atoms with Crippen LogP contribution in [0.25, 0.3) is 10.9 Å². The van der Waals surface area contributed by atoms with E-state index in [1.807, 2.05) is 48.5 Å². The summed E-state index contributed by atoms with van der Waals surface area (Å²) in [7, 11) is 1.36. The van der Waals surface area contributed by atoms with Crippen molar-refractivity contribution in [2.24, 2.45) is 0 Å². The number of benzene rings is 4. The SMILES string of the molecule is COc1ccccc1C(F)(F)COc1ccc(CCNC[C@@H](O)c2ccc(OCc3ccccc3)c3[nH]c(=O)ccc23)cc1. The molecule has 0 saturated carbocycles. The summed E-state index contributed by atoms with van der Waals surface area (Å²) < 4.78 is 45.9. The van der Waals surface area contributed by atoms with E-state index in [4.69, 9.17) is 14.2 Å². The second-order valence-corrected chi connectivity index (χ2v) is 10.3. The molecule has 3 N–H and O–H groups in total. The number of aliphatic hydroxyl groups is 1. The van der Waals surface area contributed by atoms with Gasteiger partial charge in [-0.2, -0.15) is 8.78 Å². The van der Waals surface area contributed by atoms with Gasteiger partial charge in [0.25, 0.3) is 0 Å². The predicted molar refractivity (Wildman–Crippen MR) is 166 cm³/mol. The van der Waals surface area contributed by atoms with Gasteiger partial charge in [-0.25, -0.2) is 0 Å². The number of aromatic nitrogens is 1. The molecule has 228 valence electrons. The van der Waals surface area contributed by atoms with Crippen molar-refractivity contribution in [3.05, 3.63) is 136 Å². The van der Waals surface area contributed by atoms with Crippen molar-refractivity contribution in [3.8, 4) is 17.2 Å². The summed E-state index contributed by atoms with van der Waals surface area (Å²) in [5.41, 5.74) is 2.71. The average molecular weight is 601 g/mol.